The van der Waals surface area contributed by atoms with E-state index in [-0.39, 0.29) is 11.8 Å². The van der Waals surface area contributed by atoms with Crippen molar-refractivity contribution in [3.8, 4) is 5.88 Å². The molecule has 2 aromatic heterocycles. The zero-order chi connectivity index (χ0) is 27.1. The first-order chi connectivity index (χ1) is 18.8. The fraction of sp³-hybridized carbons (Fsp3) is 0.207. The number of fused-ring (bicyclic) bond motifs is 2. The second-order valence-corrected chi connectivity index (χ2v) is 10.2. The highest BCUT2D eigenvalue weighted by atomic mass is 35.5. The van der Waals surface area contributed by atoms with Crippen LogP contribution in [0.1, 0.15) is 16.7 Å². The molecular weight excluding hydrogens is 518 g/mol. The fourth-order valence-corrected chi connectivity index (χ4v) is 5.08. The Labute approximate surface area is 228 Å². The molecule has 3 aromatic carbocycles. The summed E-state index contributed by atoms with van der Waals surface area (Å²) in [5, 5.41) is 12.2. The van der Waals surface area contributed by atoms with Gasteiger partial charge in [0.1, 0.15) is 0 Å². The monoisotopic (exact) mass is 543 g/mol. The number of aromatic nitrogens is 2. The van der Waals surface area contributed by atoms with Crippen LogP contribution in [0.5, 0.6) is 5.88 Å². The van der Waals surface area contributed by atoms with Crippen molar-refractivity contribution >= 4 is 50.9 Å². The third-order valence-corrected chi connectivity index (χ3v) is 7.30. The molecule has 0 radical (unpaired) electrons. The van der Waals surface area contributed by atoms with E-state index >= 15 is 0 Å². The average Bonchev–Trinajstić information content (AvgIpc) is 3.45. The number of nitrogens with zero attached hydrogens (tertiary/aromatic N) is 3. The highest BCUT2D eigenvalue weighted by molar-refractivity contribution is 6.31. The number of H-pyrrole nitrogens is 2. The summed E-state index contributed by atoms with van der Waals surface area (Å²) < 4.78 is 5.28. The lowest BCUT2D eigenvalue weighted by atomic mass is 10.0. The van der Waals surface area contributed by atoms with Crippen LogP contribution in [-0.4, -0.2) is 69.7 Å². The minimum atomic E-state index is -0.549. The maximum Gasteiger partial charge on any atom is 0.417 e. The number of carbonyl (C=O) groups excluding carboxylic acids is 1. The number of carbonyl (C=O) groups is 1. The summed E-state index contributed by atoms with van der Waals surface area (Å²) >= 11 is 6.17. The maximum absolute atomic E-state index is 12.8. The van der Waals surface area contributed by atoms with Gasteiger partial charge in [0, 0.05) is 42.2 Å². The van der Waals surface area contributed by atoms with Crippen LogP contribution in [0, 0.1) is 0 Å². The largest absolute Gasteiger partial charge is 0.494 e. The molecule has 3 heterocycles. The molecule has 0 atom stereocenters. The van der Waals surface area contributed by atoms with Crippen LogP contribution in [0.4, 0.5) is 5.69 Å². The third-order valence-electron chi connectivity index (χ3n) is 7.06. The van der Waals surface area contributed by atoms with Crippen LogP contribution >= 0.6 is 11.6 Å². The van der Waals surface area contributed by atoms with Crippen LogP contribution < -0.4 is 5.76 Å². The minimum Gasteiger partial charge on any atom is -0.494 e. The van der Waals surface area contributed by atoms with Crippen molar-refractivity contribution in [1.29, 1.82) is 0 Å². The highest BCUT2D eigenvalue weighted by Gasteiger charge is 2.21. The number of amides is 1. The lowest BCUT2D eigenvalue weighted by Gasteiger charge is -2.32. The second-order valence-electron chi connectivity index (χ2n) is 9.75. The summed E-state index contributed by atoms with van der Waals surface area (Å²) in [5.74, 6) is -0.494. The van der Waals surface area contributed by atoms with Crippen molar-refractivity contribution in [3.05, 3.63) is 92.9 Å². The number of benzene rings is 3. The number of hydrogen-bond donors (Lipinski definition) is 3. The van der Waals surface area contributed by atoms with Gasteiger partial charge in [0.15, 0.2) is 11.5 Å². The molecule has 0 saturated carbocycles. The zero-order valence-electron chi connectivity index (χ0n) is 21.2. The number of aliphatic imine (C=N–C) groups is 1. The Morgan fingerprint density at radius 3 is 2.54 bits per heavy atom. The van der Waals surface area contributed by atoms with Crippen molar-refractivity contribution in [2.45, 2.75) is 6.42 Å². The Hall–Kier alpha value is -4.34. The van der Waals surface area contributed by atoms with Gasteiger partial charge in [-0.1, -0.05) is 35.9 Å². The lowest BCUT2D eigenvalue weighted by molar-refractivity contribution is -0.132. The van der Waals surface area contributed by atoms with E-state index in [1.807, 2.05) is 41.3 Å². The molecule has 1 fully saturated rings. The number of aromatic hydroxyl groups is 1. The van der Waals surface area contributed by atoms with Gasteiger partial charge in [0.25, 0.3) is 0 Å². The Kier molecular flexibility index (Phi) is 6.46. The number of oxazole rings is 1. The van der Waals surface area contributed by atoms with Crippen molar-refractivity contribution < 1.29 is 14.3 Å². The molecule has 0 unspecified atom stereocenters. The highest BCUT2D eigenvalue weighted by Crippen LogP contribution is 2.33. The summed E-state index contributed by atoms with van der Waals surface area (Å²) in [7, 11) is 2.06. The van der Waals surface area contributed by atoms with E-state index < -0.39 is 5.76 Å². The predicted octanol–water partition coefficient (Wildman–Crippen LogP) is 4.45. The molecule has 10 heteroatoms. The summed E-state index contributed by atoms with van der Waals surface area (Å²) in [6.07, 6.45) is 0.327. The van der Waals surface area contributed by atoms with Crippen molar-refractivity contribution in [2.24, 2.45) is 4.99 Å². The van der Waals surface area contributed by atoms with Gasteiger partial charge in [-0.2, -0.15) is 0 Å². The number of likely N-dealkylation sites (N-methyl/N-ethyl adjacent to an activating group) is 1. The van der Waals surface area contributed by atoms with Crippen molar-refractivity contribution in [1.82, 2.24) is 19.8 Å². The number of aromatic amines is 2. The van der Waals surface area contributed by atoms with Gasteiger partial charge >= 0.3 is 5.76 Å². The van der Waals surface area contributed by atoms with Gasteiger partial charge in [-0.05, 0) is 49.0 Å². The first-order valence-corrected chi connectivity index (χ1v) is 13.0. The first-order valence-electron chi connectivity index (χ1n) is 12.6. The van der Waals surface area contributed by atoms with E-state index in [1.165, 1.54) is 0 Å². The Bertz CT molecular complexity index is 1780. The number of rotatable bonds is 5. The molecular formula is C29H26ClN5O4. The summed E-state index contributed by atoms with van der Waals surface area (Å²) in [4.78, 5) is 39.2. The minimum absolute atomic E-state index is 0.0592. The van der Waals surface area contributed by atoms with Gasteiger partial charge in [0.2, 0.25) is 5.91 Å². The topological polar surface area (TPSA) is 118 Å². The second kappa shape index (κ2) is 10.1. The van der Waals surface area contributed by atoms with E-state index in [0.717, 1.165) is 37.1 Å². The molecule has 1 aliphatic rings. The number of nitrogens with one attached hydrogen (secondary N) is 2. The van der Waals surface area contributed by atoms with Crippen LogP contribution in [0.15, 0.2) is 74.9 Å². The number of piperazine rings is 1. The molecule has 198 valence electrons. The van der Waals surface area contributed by atoms with Gasteiger partial charge in [-0.3, -0.25) is 9.78 Å². The van der Waals surface area contributed by atoms with E-state index in [0.29, 0.717) is 50.6 Å². The molecule has 1 saturated heterocycles. The smallest absolute Gasteiger partial charge is 0.417 e. The standard InChI is InChI=1S/C29H26ClN5O4/c1-34-10-12-35(13-11-34)25(36)14-17-2-6-20(7-3-17)31-27(18-4-9-22-24(15-18)39-29(38)33-22)26-21-8-5-19(30)16-23(21)32-28(26)37/h2-9,15-16,32,37H,10-14H2,1H3,(H,33,38). The molecule has 0 spiro atoms. The van der Waals surface area contributed by atoms with E-state index in [9.17, 15) is 14.7 Å². The summed E-state index contributed by atoms with van der Waals surface area (Å²) in [5.41, 5.74) is 4.76. The number of halogens is 1. The Balaban J connectivity index is 1.37. The van der Waals surface area contributed by atoms with Crippen molar-refractivity contribution in [3.63, 3.8) is 0 Å². The van der Waals surface area contributed by atoms with Crippen LogP contribution in [-0.2, 0) is 11.2 Å². The first kappa shape index (κ1) is 25.0. The van der Waals surface area contributed by atoms with Gasteiger partial charge in [0.05, 0.1) is 34.4 Å². The summed E-state index contributed by atoms with van der Waals surface area (Å²) in [6.45, 7) is 3.25. The quantitative estimate of drug-likeness (QED) is 0.283. The molecule has 0 aliphatic carbocycles. The van der Waals surface area contributed by atoms with Crippen LogP contribution in [0.25, 0.3) is 22.0 Å². The van der Waals surface area contributed by atoms with E-state index in [1.54, 1.807) is 24.3 Å². The molecule has 39 heavy (non-hydrogen) atoms. The molecule has 6 rings (SSSR count). The van der Waals surface area contributed by atoms with Gasteiger partial charge in [-0.25, -0.2) is 9.79 Å². The maximum atomic E-state index is 12.8. The Morgan fingerprint density at radius 1 is 1.00 bits per heavy atom. The van der Waals surface area contributed by atoms with Crippen LogP contribution in [0.2, 0.25) is 5.02 Å². The zero-order valence-corrected chi connectivity index (χ0v) is 22.0. The third kappa shape index (κ3) is 5.06. The SMILES string of the molecule is CN1CCN(C(=O)Cc2ccc(N=C(c3ccc4[nH]c(=O)oc4c3)c3c(O)[nH]c4cc(Cl)ccc34)cc2)CC1. The van der Waals surface area contributed by atoms with Crippen LogP contribution in [0.3, 0.4) is 0 Å². The predicted molar refractivity (Wildman–Crippen MR) is 151 cm³/mol. The van der Waals surface area contributed by atoms with Gasteiger partial charge < -0.3 is 24.3 Å². The van der Waals surface area contributed by atoms with E-state index in [4.69, 9.17) is 21.0 Å². The lowest BCUT2D eigenvalue weighted by Crippen LogP contribution is -2.47. The fourth-order valence-electron chi connectivity index (χ4n) is 4.91. The van der Waals surface area contributed by atoms with E-state index in [2.05, 4.69) is 21.9 Å². The molecule has 1 aliphatic heterocycles. The van der Waals surface area contributed by atoms with Gasteiger partial charge in [-0.15, -0.1) is 0 Å². The summed E-state index contributed by atoms with van der Waals surface area (Å²) in [6, 6.07) is 18.1. The number of hydrogen-bond acceptors (Lipinski definition) is 6. The average molecular weight is 544 g/mol. The molecule has 3 N–H and O–H groups in total. The van der Waals surface area contributed by atoms with Crippen molar-refractivity contribution in [2.75, 3.05) is 33.2 Å². The Morgan fingerprint density at radius 2 is 1.77 bits per heavy atom. The molecule has 5 aromatic rings. The normalized spacial score (nSPS) is 14.9. The molecule has 9 nitrogen and oxygen atoms in total. The molecule has 1 amide bonds. The molecule has 0 bridgehead atoms.